The van der Waals surface area contributed by atoms with E-state index in [4.69, 9.17) is 27.9 Å². The minimum absolute atomic E-state index is 0. The van der Waals surface area contributed by atoms with Gasteiger partial charge in [-0.05, 0) is 57.1 Å². The van der Waals surface area contributed by atoms with Crippen molar-refractivity contribution < 1.29 is 9.53 Å². The minimum Gasteiger partial charge on any atom is -0.459 e. The molecule has 0 heterocycles. The van der Waals surface area contributed by atoms with Crippen molar-refractivity contribution in [1.29, 1.82) is 0 Å². The minimum atomic E-state index is -0.313. The number of carbonyl (C=O) groups excluding carboxylic acids is 1. The summed E-state index contributed by atoms with van der Waals surface area (Å²) in [5, 5.41) is 1.09. The topological polar surface area (TPSA) is 29.5 Å². The first-order valence-corrected chi connectivity index (χ1v) is 8.70. The van der Waals surface area contributed by atoms with Crippen molar-refractivity contribution in [2.24, 2.45) is 5.92 Å². The average Bonchev–Trinajstić information content (AvgIpc) is 2.48. The van der Waals surface area contributed by atoms with Crippen LogP contribution in [-0.4, -0.2) is 37.6 Å². The van der Waals surface area contributed by atoms with E-state index in [-0.39, 0.29) is 24.5 Å². The molecule has 0 amide bonds. The maximum absolute atomic E-state index is 12.1. The summed E-state index contributed by atoms with van der Waals surface area (Å²) in [5.74, 6) is 0.0990. The van der Waals surface area contributed by atoms with Gasteiger partial charge >= 0.3 is 5.97 Å². The highest BCUT2D eigenvalue weighted by molar-refractivity contribution is 6.35. The molecule has 0 spiro atoms. The Hall–Kier alpha value is -0.740. The lowest BCUT2D eigenvalue weighted by atomic mass is 9.86. The van der Waals surface area contributed by atoms with E-state index < -0.39 is 0 Å². The molecule has 24 heavy (non-hydrogen) atoms. The number of esters is 1. The Morgan fingerprint density at radius 3 is 2.67 bits per heavy atom. The van der Waals surface area contributed by atoms with Crippen molar-refractivity contribution >= 4 is 47.7 Å². The molecule has 6 heteroatoms. The third-order valence-electron chi connectivity index (χ3n) is 4.07. The van der Waals surface area contributed by atoms with E-state index in [0.717, 1.165) is 31.4 Å². The van der Waals surface area contributed by atoms with Crippen LogP contribution in [0.4, 0.5) is 0 Å². The average molecular weight is 393 g/mol. The predicted molar refractivity (Wildman–Crippen MR) is 103 cm³/mol. The summed E-state index contributed by atoms with van der Waals surface area (Å²) in [6.07, 6.45) is 7.50. The number of nitrogens with zero attached hydrogens (tertiary/aromatic N) is 1. The Morgan fingerprint density at radius 2 is 2.00 bits per heavy atom. The van der Waals surface area contributed by atoms with Gasteiger partial charge in [0.25, 0.3) is 0 Å². The summed E-state index contributed by atoms with van der Waals surface area (Å²) in [7, 11) is 4.10. The van der Waals surface area contributed by atoms with Crippen LogP contribution in [0.15, 0.2) is 24.3 Å². The van der Waals surface area contributed by atoms with Gasteiger partial charge in [0.05, 0.1) is 0 Å². The van der Waals surface area contributed by atoms with E-state index >= 15 is 0 Å². The molecule has 1 aliphatic carbocycles. The second-order valence-electron chi connectivity index (χ2n) is 6.28. The summed E-state index contributed by atoms with van der Waals surface area (Å²) in [5.41, 5.74) is 0.751. The summed E-state index contributed by atoms with van der Waals surface area (Å²) < 4.78 is 5.67. The van der Waals surface area contributed by atoms with Crippen LogP contribution in [0.25, 0.3) is 6.08 Å². The van der Waals surface area contributed by atoms with E-state index in [0.29, 0.717) is 16.0 Å². The molecule has 1 aromatic carbocycles. The molecule has 0 aromatic heterocycles. The number of carbonyl (C=O) groups is 1. The van der Waals surface area contributed by atoms with Gasteiger partial charge in [-0.25, -0.2) is 4.79 Å². The predicted octanol–water partition coefficient (Wildman–Crippen LogP) is 5.09. The second-order valence-corrected chi connectivity index (χ2v) is 7.12. The highest BCUT2D eigenvalue weighted by atomic mass is 35.5. The first kappa shape index (κ1) is 21.3. The molecule has 0 bridgehead atoms. The fraction of sp³-hybridized carbons (Fsp3) is 0.500. The fourth-order valence-electron chi connectivity index (χ4n) is 2.99. The molecular weight excluding hydrogens is 369 g/mol. The van der Waals surface area contributed by atoms with E-state index in [1.165, 1.54) is 12.5 Å². The van der Waals surface area contributed by atoms with Gasteiger partial charge in [-0.3, -0.25) is 0 Å². The van der Waals surface area contributed by atoms with Gasteiger partial charge in [-0.1, -0.05) is 35.7 Å². The summed E-state index contributed by atoms with van der Waals surface area (Å²) in [6, 6.07) is 5.18. The lowest BCUT2D eigenvalue weighted by Crippen LogP contribution is -2.36. The van der Waals surface area contributed by atoms with Crippen LogP contribution >= 0.6 is 35.6 Å². The molecular formula is C18H24Cl3NO2. The van der Waals surface area contributed by atoms with Gasteiger partial charge in [-0.15, -0.1) is 12.4 Å². The standard InChI is InChI=1S/C18H23Cl2NO2.ClH/c1-21(2)12-14-5-3-4-6-17(14)23-18(22)10-8-13-7-9-15(19)11-16(13)20;/h7-11,14,17H,3-6,12H2,1-2H3;1H/b10-8+;. The highest BCUT2D eigenvalue weighted by Gasteiger charge is 2.28. The molecule has 0 aliphatic heterocycles. The summed E-state index contributed by atoms with van der Waals surface area (Å²) in [6.45, 7) is 0.949. The molecule has 2 atom stereocenters. The van der Waals surface area contributed by atoms with Crippen LogP contribution in [0.1, 0.15) is 31.2 Å². The Morgan fingerprint density at radius 1 is 1.29 bits per heavy atom. The number of rotatable bonds is 5. The first-order chi connectivity index (χ1) is 11.0. The maximum Gasteiger partial charge on any atom is 0.331 e. The van der Waals surface area contributed by atoms with Crippen molar-refractivity contribution in [3.8, 4) is 0 Å². The van der Waals surface area contributed by atoms with Gasteiger partial charge in [0.1, 0.15) is 6.10 Å². The van der Waals surface area contributed by atoms with Gasteiger partial charge in [-0.2, -0.15) is 0 Å². The molecule has 2 rings (SSSR count). The Kier molecular flexibility index (Phi) is 9.14. The second kappa shape index (κ2) is 10.3. The van der Waals surface area contributed by atoms with E-state index in [9.17, 15) is 4.79 Å². The SMILES string of the molecule is CN(C)CC1CCCCC1OC(=O)/C=C/c1ccc(Cl)cc1Cl.Cl. The molecule has 0 N–H and O–H groups in total. The molecule has 134 valence electrons. The lowest BCUT2D eigenvalue weighted by molar-refractivity contribution is -0.147. The fourth-order valence-corrected chi connectivity index (χ4v) is 3.46. The van der Waals surface area contributed by atoms with Crippen molar-refractivity contribution in [2.45, 2.75) is 31.8 Å². The van der Waals surface area contributed by atoms with Crippen molar-refractivity contribution in [3.63, 3.8) is 0 Å². The van der Waals surface area contributed by atoms with Crippen LogP contribution in [0.5, 0.6) is 0 Å². The number of ether oxygens (including phenoxy) is 1. The third-order valence-corrected chi connectivity index (χ3v) is 4.63. The number of hydrogen-bond acceptors (Lipinski definition) is 3. The Bertz CT molecular complexity index is 575. The zero-order chi connectivity index (χ0) is 16.8. The summed E-state index contributed by atoms with van der Waals surface area (Å²) >= 11 is 12.0. The summed E-state index contributed by atoms with van der Waals surface area (Å²) in [4.78, 5) is 14.3. The molecule has 1 fully saturated rings. The van der Waals surface area contributed by atoms with Crippen LogP contribution in [-0.2, 0) is 9.53 Å². The van der Waals surface area contributed by atoms with Crippen molar-refractivity contribution in [2.75, 3.05) is 20.6 Å². The smallest absolute Gasteiger partial charge is 0.331 e. The van der Waals surface area contributed by atoms with Crippen LogP contribution < -0.4 is 0 Å². The van der Waals surface area contributed by atoms with Crippen LogP contribution in [0.2, 0.25) is 10.0 Å². The van der Waals surface area contributed by atoms with Crippen LogP contribution in [0.3, 0.4) is 0 Å². The third kappa shape index (κ3) is 6.64. The lowest BCUT2D eigenvalue weighted by Gasteiger charge is -2.32. The molecule has 1 saturated carbocycles. The molecule has 0 radical (unpaired) electrons. The molecule has 0 saturated heterocycles. The Labute approximate surface area is 160 Å². The molecule has 3 nitrogen and oxygen atoms in total. The van der Waals surface area contributed by atoms with Crippen molar-refractivity contribution in [1.82, 2.24) is 4.90 Å². The van der Waals surface area contributed by atoms with Gasteiger partial charge < -0.3 is 9.64 Å². The van der Waals surface area contributed by atoms with Gasteiger partial charge in [0, 0.05) is 28.6 Å². The molecule has 1 aliphatic rings. The quantitative estimate of drug-likeness (QED) is 0.516. The number of benzene rings is 1. The number of hydrogen-bond donors (Lipinski definition) is 0. The largest absolute Gasteiger partial charge is 0.459 e. The Balaban J connectivity index is 0.00000288. The normalized spacial score (nSPS) is 20.9. The number of halogens is 3. The first-order valence-electron chi connectivity index (χ1n) is 7.94. The zero-order valence-corrected chi connectivity index (χ0v) is 16.3. The molecule has 2 unspecified atom stereocenters. The highest BCUT2D eigenvalue weighted by Crippen LogP contribution is 2.28. The van der Waals surface area contributed by atoms with E-state index in [1.54, 1.807) is 24.3 Å². The van der Waals surface area contributed by atoms with Crippen molar-refractivity contribution in [3.05, 3.63) is 39.9 Å². The van der Waals surface area contributed by atoms with E-state index in [2.05, 4.69) is 19.0 Å². The van der Waals surface area contributed by atoms with Gasteiger partial charge in [0.2, 0.25) is 0 Å². The zero-order valence-electron chi connectivity index (χ0n) is 14.0. The monoisotopic (exact) mass is 391 g/mol. The van der Waals surface area contributed by atoms with Gasteiger partial charge in [0.15, 0.2) is 0 Å². The maximum atomic E-state index is 12.1. The van der Waals surface area contributed by atoms with E-state index in [1.807, 2.05) is 0 Å². The van der Waals surface area contributed by atoms with Crippen LogP contribution in [0, 0.1) is 5.92 Å². The molecule has 1 aromatic rings.